The van der Waals surface area contributed by atoms with Crippen LogP contribution in [0.25, 0.3) is 0 Å². The second-order valence-corrected chi connectivity index (χ2v) is 5.75. The van der Waals surface area contributed by atoms with Crippen LogP contribution in [0, 0.1) is 0 Å². The highest BCUT2D eigenvalue weighted by Gasteiger charge is 2.40. The van der Waals surface area contributed by atoms with Gasteiger partial charge in [0.05, 0.1) is 6.61 Å². The number of hydrogen-bond donors (Lipinski definition) is 1. The molecule has 1 fully saturated rings. The maximum atomic E-state index is 12.3. The first-order chi connectivity index (χ1) is 9.96. The first-order valence-electron chi connectivity index (χ1n) is 7.16. The molecule has 2 rings (SSSR count). The highest BCUT2D eigenvalue weighted by atomic mass is 16.5. The summed E-state index contributed by atoms with van der Waals surface area (Å²) in [6.07, 6.45) is 1.77. The Morgan fingerprint density at radius 1 is 1.57 bits per heavy atom. The first kappa shape index (κ1) is 15.7. The average Bonchev–Trinajstić information content (AvgIpc) is 2.47. The van der Waals surface area contributed by atoms with Crippen LogP contribution in [0.2, 0.25) is 0 Å². The fraction of sp³-hybridized carbons (Fsp3) is 0.600. The third-order valence-electron chi connectivity index (χ3n) is 3.73. The molecule has 0 spiro atoms. The monoisotopic (exact) mass is 292 g/mol. The van der Waals surface area contributed by atoms with E-state index >= 15 is 0 Å². The first-order valence-corrected chi connectivity index (χ1v) is 7.16. The maximum absolute atomic E-state index is 12.3. The van der Waals surface area contributed by atoms with Gasteiger partial charge >= 0.3 is 0 Å². The molecule has 1 unspecified atom stereocenters. The smallest absolute Gasteiger partial charge is 0.255 e. The van der Waals surface area contributed by atoms with E-state index in [2.05, 4.69) is 21.3 Å². The topological polar surface area (TPSA) is 57.7 Å². The van der Waals surface area contributed by atoms with Crippen LogP contribution in [0.3, 0.4) is 0 Å². The summed E-state index contributed by atoms with van der Waals surface area (Å²) in [4.78, 5) is 20.4. The van der Waals surface area contributed by atoms with Gasteiger partial charge < -0.3 is 15.0 Å². The van der Waals surface area contributed by atoms with Crippen molar-refractivity contribution in [3.63, 3.8) is 0 Å². The minimum atomic E-state index is -0.774. The number of nitrogens with one attached hydrogen (secondary N) is 1. The molecule has 116 valence electrons. The van der Waals surface area contributed by atoms with E-state index in [1.807, 2.05) is 20.0 Å². The highest BCUT2D eigenvalue weighted by Crippen LogP contribution is 2.22. The summed E-state index contributed by atoms with van der Waals surface area (Å²) in [5.74, 6) is 0.886. The lowest BCUT2D eigenvalue weighted by atomic mass is 10.0. The Hall–Kier alpha value is -1.66. The zero-order valence-electron chi connectivity index (χ0n) is 13.2. The predicted octanol–water partition coefficient (Wildman–Crippen LogP) is 0.802. The molecular weight excluding hydrogens is 268 g/mol. The Kier molecular flexibility index (Phi) is 4.80. The molecule has 1 aromatic heterocycles. The van der Waals surface area contributed by atoms with Gasteiger partial charge in [0.15, 0.2) is 5.60 Å². The number of morpholine rings is 1. The molecule has 1 aliphatic rings. The molecule has 1 amide bonds. The molecule has 1 aromatic rings. The summed E-state index contributed by atoms with van der Waals surface area (Å²) >= 11 is 0. The Bertz CT molecular complexity index is 506. The van der Waals surface area contributed by atoms with Crippen molar-refractivity contribution in [1.29, 1.82) is 0 Å². The van der Waals surface area contributed by atoms with Gasteiger partial charge in [-0.2, -0.15) is 0 Å². The second kappa shape index (κ2) is 6.41. The third-order valence-corrected chi connectivity index (χ3v) is 3.73. The molecule has 0 radical (unpaired) electrons. The molecule has 0 saturated carbocycles. The van der Waals surface area contributed by atoms with Crippen LogP contribution < -0.4 is 5.32 Å². The molecule has 2 heterocycles. The van der Waals surface area contributed by atoms with E-state index in [1.165, 1.54) is 0 Å². The number of nitrogens with zero attached hydrogens (tertiary/aromatic N) is 3. The van der Waals surface area contributed by atoms with Crippen molar-refractivity contribution in [3.8, 4) is 0 Å². The molecule has 1 aliphatic heterocycles. The highest BCUT2D eigenvalue weighted by molar-refractivity contribution is 5.84. The van der Waals surface area contributed by atoms with Gasteiger partial charge in [0.25, 0.3) is 5.91 Å². The quantitative estimate of drug-likeness (QED) is 0.889. The van der Waals surface area contributed by atoms with E-state index in [-0.39, 0.29) is 5.91 Å². The van der Waals surface area contributed by atoms with E-state index in [1.54, 1.807) is 25.2 Å². The van der Waals surface area contributed by atoms with Crippen LogP contribution in [0.1, 0.15) is 12.5 Å². The SMILES string of the molecule is CNc1ncccc1CN1CCOC(C)(C(=O)N(C)C)C1. The Morgan fingerprint density at radius 2 is 2.33 bits per heavy atom. The number of anilines is 1. The van der Waals surface area contributed by atoms with Crippen LogP contribution in [-0.2, 0) is 16.1 Å². The van der Waals surface area contributed by atoms with Gasteiger partial charge in [-0.25, -0.2) is 4.98 Å². The van der Waals surface area contributed by atoms with Gasteiger partial charge in [0.1, 0.15) is 5.82 Å². The number of likely N-dealkylation sites (N-methyl/N-ethyl adjacent to an activating group) is 1. The number of carbonyl (C=O) groups excluding carboxylic acids is 1. The largest absolute Gasteiger partial charge is 0.373 e. The van der Waals surface area contributed by atoms with E-state index < -0.39 is 5.60 Å². The summed E-state index contributed by atoms with van der Waals surface area (Å²) in [7, 11) is 5.39. The number of rotatable bonds is 4. The van der Waals surface area contributed by atoms with E-state index in [0.717, 1.165) is 24.5 Å². The zero-order chi connectivity index (χ0) is 15.5. The Morgan fingerprint density at radius 3 is 3.00 bits per heavy atom. The Balaban J connectivity index is 2.09. The number of amides is 1. The second-order valence-electron chi connectivity index (χ2n) is 5.75. The molecule has 6 nitrogen and oxygen atoms in total. The number of carbonyl (C=O) groups is 1. The van der Waals surface area contributed by atoms with Crippen molar-refractivity contribution in [2.24, 2.45) is 0 Å². The molecule has 6 heteroatoms. The summed E-state index contributed by atoms with van der Waals surface area (Å²) in [6, 6.07) is 3.99. The van der Waals surface area contributed by atoms with Gasteiger partial charge in [-0.15, -0.1) is 0 Å². The number of aromatic nitrogens is 1. The van der Waals surface area contributed by atoms with Crippen molar-refractivity contribution in [2.45, 2.75) is 19.1 Å². The van der Waals surface area contributed by atoms with Crippen LogP contribution in [0.15, 0.2) is 18.3 Å². The summed E-state index contributed by atoms with van der Waals surface area (Å²) < 4.78 is 5.75. The van der Waals surface area contributed by atoms with E-state index in [4.69, 9.17) is 4.74 Å². The lowest BCUT2D eigenvalue weighted by Gasteiger charge is -2.40. The minimum Gasteiger partial charge on any atom is -0.373 e. The summed E-state index contributed by atoms with van der Waals surface area (Å²) in [6.45, 7) is 4.58. The summed E-state index contributed by atoms with van der Waals surface area (Å²) in [5, 5.41) is 3.10. The van der Waals surface area contributed by atoms with Crippen LogP contribution >= 0.6 is 0 Å². The van der Waals surface area contributed by atoms with Gasteiger partial charge in [0.2, 0.25) is 0 Å². The van der Waals surface area contributed by atoms with Crippen molar-refractivity contribution >= 4 is 11.7 Å². The van der Waals surface area contributed by atoms with Gasteiger partial charge in [-0.05, 0) is 13.0 Å². The Labute approximate surface area is 126 Å². The van der Waals surface area contributed by atoms with Crippen LogP contribution in [0.4, 0.5) is 5.82 Å². The van der Waals surface area contributed by atoms with Gasteiger partial charge in [-0.3, -0.25) is 9.69 Å². The lowest BCUT2D eigenvalue weighted by Crippen LogP contribution is -2.57. The number of hydrogen-bond acceptors (Lipinski definition) is 5. The van der Waals surface area contributed by atoms with Crippen LogP contribution in [0.5, 0.6) is 0 Å². The lowest BCUT2D eigenvalue weighted by molar-refractivity contribution is -0.165. The maximum Gasteiger partial charge on any atom is 0.255 e. The van der Waals surface area contributed by atoms with Gasteiger partial charge in [-0.1, -0.05) is 6.07 Å². The molecule has 0 aliphatic carbocycles. The van der Waals surface area contributed by atoms with Crippen LogP contribution in [-0.4, -0.2) is 67.1 Å². The molecule has 0 aromatic carbocycles. The van der Waals surface area contributed by atoms with E-state index in [0.29, 0.717) is 13.2 Å². The molecular formula is C15H24N4O2. The molecule has 1 saturated heterocycles. The van der Waals surface area contributed by atoms with E-state index in [9.17, 15) is 4.79 Å². The molecule has 1 N–H and O–H groups in total. The average molecular weight is 292 g/mol. The zero-order valence-corrected chi connectivity index (χ0v) is 13.2. The number of pyridine rings is 1. The fourth-order valence-corrected chi connectivity index (χ4v) is 2.72. The fourth-order valence-electron chi connectivity index (χ4n) is 2.72. The predicted molar refractivity (Wildman–Crippen MR) is 82.1 cm³/mol. The minimum absolute atomic E-state index is 0.00669. The van der Waals surface area contributed by atoms with Crippen molar-refractivity contribution < 1.29 is 9.53 Å². The number of ether oxygens (including phenoxy) is 1. The molecule has 1 atom stereocenters. The van der Waals surface area contributed by atoms with Crippen molar-refractivity contribution in [1.82, 2.24) is 14.8 Å². The standard InChI is InChI=1S/C15H24N4O2/c1-15(14(20)18(3)4)11-19(8-9-21-15)10-12-6-5-7-17-13(12)16-2/h5-7H,8-11H2,1-4H3,(H,16,17). The normalized spacial score (nSPS) is 22.9. The molecule has 21 heavy (non-hydrogen) atoms. The molecule has 0 bridgehead atoms. The van der Waals surface area contributed by atoms with Gasteiger partial charge in [0, 0.05) is 52.5 Å². The van der Waals surface area contributed by atoms with Crippen molar-refractivity contribution in [2.75, 3.05) is 46.2 Å². The van der Waals surface area contributed by atoms with Crippen molar-refractivity contribution in [3.05, 3.63) is 23.9 Å². The third kappa shape index (κ3) is 3.51. The summed E-state index contributed by atoms with van der Waals surface area (Å²) in [5.41, 5.74) is 0.352.